The number of aliphatic hydroxyl groups is 1. The number of hydrogen-bond donors (Lipinski definition) is 1. The van der Waals surface area contributed by atoms with Crippen LogP contribution in [0.15, 0.2) is 18.2 Å². The second-order valence-electron chi connectivity index (χ2n) is 13.2. The minimum absolute atomic E-state index is 0.0477. The molecule has 0 radical (unpaired) electrons. The molecule has 4 aliphatic rings. The van der Waals surface area contributed by atoms with Crippen LogP contribution in [0, 0.1) is 40.4 Å². The quantitative estimate of drug-likeness (QED) is 0.492. The van der Waals surface area contributed by atoms with Crippen molar-refractivity contribution in [1.82, 2.24) is 15.0 Å². The SMILES string of the molecule is CCOC[C@]12CC[C@@](C)(O)C[C@@H]1CC[C@H]1[C@@H]3CC[C@H](C(=O)Cn4nnc5ccc(Cl)cc54)[C@@]3(C)CC[C@@H]12. The zero-order valence-corrected chi connectivity index (χ0v) is 23.3. The number of ketones is 1. The molecule has 0 unspecified atom stereocenters. The van der Waals surface area contributed by atoms with Gasteiger partial charge >= 0.3 is 0 Å². The normalized spacial score (nSPS) is 41.3. The molecule has 202 valence electrons. The lowest BCUT2D eigenvalue weighted by Gasteiger charge is -2.62. The Balaban J connectivity index is 1.24. The molecule has 8 atom stereocenters. The Morgan fingerprint density at radius 2 is 1.97 bits per heavy atom. The van der Waals surface area contributed by atoms with Gasteiger partial charge in [-0.3, -0.25) is 4.79 Å². The first kappa shape index (κ1) is 25.8. The number of carbonyl (C=O) groups excluding carboxylic acids is 1. The predicted molar refractivity (Wildman–Crippen MR) is 144 cm³/mol. The molecule has 1 N–H and O–H groups in total. The van der Waals surface area contributed by atoms with Crippen LogP contribution in [0.2, 0.25) is 5.02 Å². The third kappa shape index (κ3) is 4.17. The molecule has 0 saturated heterocycles. The van der Waals surface area contributed by atoms with Crippen LogP contribution in [0.3, 0.4) is 0 Å². The van der Waals surface area contributed by atoms with Gasteiger partial charge in [-0.05, 0) is 124 Å². The Morgan fingerprint density at radius 3 is 2.78 bits per heavy atom. The van der Waals surface area contributed by atoms with Crippen molar-refractivity contribution in [2.24, 2.45) is 40.4 Å². The van der Waals surface area contributed by atoms with Crippen LogP contribution >= 0.6 is 11.6 Å². The van der Waals surface area contributed by atoms with E-state index in [0.717, 1.165) is 62.8 Å². The van der Waals surface area contributed by atoms with E-state index in [4.69, 9.17) is 16.3 Å². The van der Waals surface area contributed by atoms with Crippen LogP contribution in [0.4, 0.5) is 0 Å². The fourth-order valence-corrected chi connectivity index (χ4v) is 9.81. The molecule has 0 spiro atoms. The number of benzene rings is 1. The summed E-state index contributed by atoms with van der Waals surface area (Å²) in [4.78, 5) is 13.8. The molecular formula is C30H42ClN3O3. The first-order valence-electron chi connectivity index (χ1n) is 14.5. The predicted octanol–water partition coefficient (Wildman–Crippen LogP) is 6.08. The van der Waals surface area contributed by atoms with Gasteiger partial charge in [-0.2, -0.15) is 0 Å². The minimum Gasteiger partial charge on any atom is -0.390 e. The zero-order valence-electron chi connectivity index (χ0n) is 22.6. The van der Waals surface area contributed by atoms with Crippen LogP contribution in [-0.4, -0.2) is 44.7 Å². The van der Waals surface area contributed by atoms with Gasteiger partial charge < -0.3 is 9.84 Å². The second kappa shape index (κ2) is 9.31. The maximum atomic E-state index is 13.8. The smallest absolute Gasteiger partial charge is 0.157 e. The molecule has 4 fully saturated rings. The van der Waals surface area contributed by atoms with Crippen LogP contribution in [0.25, 0.3) is 11.0 Å². The van der Waals surface area contributed by atoms with Crippen LogP contribution in [0.5, 0.6) is 0 Å². The van der Waals surface area contributed by atoms with E-state index in [1.165, 1.54) is 19.3 Å². The van der Waals surface area contributed by atoms with Gasteiger partial charge in [-0.25, -0.2) is 4.68 Å². The minimum atomic E-state index is -0.545. The molecule has 1 heterocycles. The summed E-state index contributed by atoms with van der Waals surface area (Å²) in [5, 5.41) is 20.1. The van der Waals surface area contributed by atoms with Crippen LogP contribution in [0.1, 0.15) is 78.6 Å². The highest BCUT2D eigenvalue weighted by molar-refractivity contribution is 6.31. The molecule has 0 bridgehead atoms. The lowest BCUT2D eigenvalue weighted by Crippen LogP contribution is -2.58. The number of halogens is 1. The average Bonchev–Trinajstić information content (AvgIpc) is 3.42. The van der Waals surface area contributed by atoms with E-state index in [-0.39, 0.29) is 23.3 Å². The van der Waals surface area contributed by atoms with Crippen molar-refractivity contribution in [2.45, 2.75) is 90.7 Å². The van der Waals surface area contributed by atoms with Gasteiger partial charge in [-0.15, -0.1) is 5.10 Å². The molecule has 1 aromatic carbocycles. The van der Waals surface area contributed by atoms with Gasteiger partial charge in [0.15, 0.2) is 5.78 Å². The van der Waals surface area contributed by atoms with Gasteiger partial charge in [-0.1, -0.05) is 23.7 Å². The lowest BCUT2D eigenvalue weighted by molar-refractivity contribution is -0.178. The van der Waals surface area contributed by atoms with Crippen LogP contribution in [-0.2, 0) is 16.1 Å². The summed E-state index contributed by atoms with van der Waals surface area (Å²) in [5.41, 5.74) is 1.29. The molecule has 1 aromatic heterocycles. The highest BCUT2D eigenvalue weighted by Crippen LogP contribution is 2.68. The van der Waals surface area contributed by atoms with Gasteiger partial charge in [0.2, 0.25) is 0 Å². The summed E-state index contributed by atoms with van der Waals surface area (Å²) >= 11 is 6.22. The van der Waals surface area contributed by atoms with Crippen molar-refractivity contribution in [2.75, 3.05) is 13.2 Å². The first-order valence-corrected chi connectivity index (χ1v) is 14.9. The number of fused-ring (bicyclic) bond motifs is 6. The number of hydrogen-bond acceptors (Lipinski definition) is 5. The third-order valence-corrected chi connectivity index (χ3v) is 11.6. The number of ether oxygens (including phenoxy) is 1. The van der Waals surface area contributed by atoms with E-state index in [1.807, 2.05) is 25.1 Å². The summed E-state index contributed by atoms with van der Waals surface area (Å²) in [5.74, 6) is 2.79. The summed E-state index contributed by atoms with van der Waals surface area (Å²) in [7, 11) is 0. The number of rotatable bonds is 6. The monoisotopic (exact) mass is 527 g/mol. The summed E-state index contributed by atoms with van der Waals surface area (Å²) in [6.07, 6.45) is 9.66. The number of nitrogens with zero attached hydrogens (tertiary/aromatic N) is 3. The molecule has 6 rings (SSSR count). The Kier molecular flexibility index (Phi) is 6.48. The Hall–Kier alpha value is -1.50. The molecule has 6 nitrogen and oxygen atoms in total. The Labute approximate surface area is 225 Å². The van der Waals surface area contributed by atoms with E-state index in [1.54, 1.807) is 4.68 Å². The van der Waals surface area contributed by atoms with Crippen molar-refractivity contribution in [3.8, 4) is 0 Å². The van der Waals surface area contributed by atoms with E-state index < -0.39 is 5.60 Å². The molecule has 37 heavy (non-hydrogen) atoms. The molecule has 0 amide bonds. The lowest BCUT2D eigenvalue weighted by atomic mass is 9.43. The molecule has 4 saturated carbocycles. The van der Waals surface area contributed by atoms with Gasteiger partial charge in [0.25, 0.3) is 0 Å². The highest BCUT2D eigenvalue weighted by atomic mass is 35.5. The average molecular weight is 528 g/mol. The zero-order chi connectivity index (χ0) is 26.0. The number of carbonyl (C=O) groups is 1. The van der Waals surface area contributed by atoms with Crippen molar-refractivity contribution < 1.29 is 14.6 Å². The van der Waals surface area contributed by atoms with Gasteiger partial charge in [0, 0.05) is 17.5 Å². The van der Waals surface area contributed by atoms with E-state index >= 15 is 0 Å². The van der Waals surface area contributed by atoms with E-state index in [2.05, 4.69) is 24.2 Å². The first-order chi connectivity index (χ1) is 17.7. The highest BCUT2D eigenvalue weighted by Gasteiger charge is 2.63. The van der Waals surface area contributed by atoms with E-state index in [9.17, 15) is 9.90 Å². The molecule has 7 heteroatoms. The topological polar surface area (TPSA) is 77.2 Å². The molecular weight excluding hydrogens is 486 g/mol. The Bertz CT molecular complexity index is 1180. The van der Waals surface area contributed by atoms with E-state index in [0.29, 0.717) is 34.5 Å². The van der Waals surface area contributed by atoms with Crippen molar-refractivity contribution in [3.05, 3.63) is 23.2 Å². The molecule has 2 aromatic rings. The summed E-state index contributed by atoms with van der Waals surface area (Å²) in [6.45, 7) is 8.39. The largest absolute Gasteiger partial charge is 0.390 e. The maximum Gasteiger partial charge on any atom is 0.157 e. The van der Waals surface area contributed by atoms with Gasteiger partial charge in [0.05, 0.1) is 17.7 Å². The third-order valence-electron chi connectivity index (χ3n) is 11.4. The number of aromatic nitrogens is 3. The summed E-state index contributed by atoms with van der Waals surface area (Å²) in [6, 6.07) is 5.53. The fourth-order valence-electron chi connectivity index (χ4n) is 9.65. The fraction of sp³-hybridized carbons (Fsp3) is 0.767. The maximum absolute atomic E-state index is 13.8. The number of Topliss-reactive ketones (excluding diaryl/α,β-unsaturated/α-hetero) is 1. The van der Waals surface area contributed by atoms with Crippen molar-refractivity contribution >= 4 is 28.4 Å². The standard InChI is InChI=1S/C30H42ClN3O3/c1-4-37-18-30-14-13-28(2,36)16-19(30)5-7-21-22-8-9-24(29(22,3)12-11-23(21)30)27(35)17-34-26-15-20(31)6-10-25(26)32-33-34/h6,10,15,19,21-24,36H,4-5,7-9,11-14,16-18H2,1-3H3/t19-,21-,22-,23-,24+,28+,29-,30+/m0/s1. The van der Waals surface area contributed by atoms with Crippen LogP contribution < -0.4 is 0 Å². The molecule has 0 aliphatic heterocycles. The van der Waals surface area contributed by atoms with Crippen molar-refractivity contribution in [3.63, 3.8) is 0 Å². The molecule has 4 aliphatic carbocycles. The van der Waals surface area contributed by atoms with Crippen molar-refractivity contribution in [1.29, 1.82) is 0 Å². The van der Waals surface area contributed by atoms with Gasteiger partial charge in [0.1, 0.15) is 12.1 Å². The summed E-state index contributed by atoms with van der Waals surface area (Å²) < 4.78 is 7.93. The Morgan fingerprint density at radius 1 is 1.14 bits per heavy atom. The second-order valence-corrected chi connectivity index (χ2v) is 13.7.